The number of ether oxygens (including phenoxy) is 3. The van der Waals surface area contributed by atoms with Crippen molar-refractivity contribution in [2.24, 2.45) is 5.92 Å². The molecular formula is C21H27NO6. The Morgan fingerprint density at radius 3 is 2.21 bits per heavy atom. The molecular weight excluding hydrogens is 362 g/mol. The molecule has 0 bridgehead atoms. The molecule has 0 saturated carbocycles. The molecule has 2 aromatic carbocycles. The number of amides is 1. The Balaban J connectivity index is 2.07. The third-order valence-electron chi connectivity index (χ3n) is 4.24. The van der Waals surface area contributed by atoms with Crippen LogP contribution in [0.25, 0.3) is 0 Å². The number of aliphatic hydroxyl groups is 2. The SMILES string of the molecule is COc1ccc(NC(=O)O[C@@H](c2ccc(OCCO)cc2)[C@@H](C)CCO)cc1. The molecule has 7 nitrogen and oxygen atoms in total. The molecule has 1 amide bonds. The van der Waals surface area contributed by atoms with Gasteiger partial charge in [-0.05, 0) is 54.3 Å². The lowest BCUT2D eigenvalue weighted by Gasteiger charge is -2.24. The van der Waals surface area contributed by atoms with Crippen molar-refractivity contribution in [3.05, 3.63) is 54.1 Å². The summed E-state index contributed by atoms with van der Waals surface area (Å²) in [5, 5.41) is 20.8. The maximum Gasteiger partial charge on any atom is 0.412 e. The van der Waals surface area contributed by atoms with Crippen LogP contribution in [0.1, 0.15) is 25.0 Å². The highest BCUT2D eigenvalue weighted by molar-refractivity contribution is 5.84. The fraction of sp³-hybridized carbons (Fsp3) is 0.381. The number of carbonyl (C=O) groups excluding carboxylic acids is 1. The number of hydrogen-bond donors (Lipinski definition) is 3. The quantitative estimate of drug-likeness (QED) is 0.576. The first kappa shape index (κ1) is 21.5. The highest BCUT2D eigenvalue weighted by atomic mass is 16.6. The second kappa shape index (κ2) is 11.2. The van der Waals surface area contributed by atoms with Gasteiger partial charge in [-0.15, -0.1) is 0 Å². The second-order valence-corrected chi connectivity index (χ2v) is 6.31. The van der Waals surface area contributed by atoms with Gasteiger partial charge in [0.15, 0.2) is 0 Å². The number of anilines is 1. The summed E-state index contributed by atoms with van der Waals surface area (Å²) in [4.78, 5) is 12.4. The summed E-state index contributed by atoms with van der Waals surface area (Å²) in [6.45, 7) is 2.06. The van der Waals surface area contributed by atoms with E-state index < -0.39 is 12.2 Å². The molecule has 0 aromatic heterocycles. The molecule has 0 spiro atoms. The first-order valence-electron chi connectivity index (χ1n) is 9.13. The molecule has 0 heterocycles. The number of carbonyl (C=O) groups is 1. The smallest absolute Gasteiger partial charge is 0.412 e. The fourth-order valence-corrected chi connectivity index (χ4v) is 2.72. The number of hydrogen-bond acceptors (Lipinski definition) is 6. The van der Waals surface area contributed by atoms with E-state index >= 15 is 0 Å². The summed E-state index contributed by atoms with van der Waals surface area (Å²) in [7, 11) is 1.57. The first-order chi connectivity index (χ1) is 13.6. The third-order valence-corrected chi connectivity index (χ3v) is 4.24. The first-order valence-corrected chi connectivity index (χ1v) is 9.13. The van der Waals surface area contributed by atoms with Gasteiger partial charge in [0.25, 0.3) is 0 Å². The van der Waals surface area contributed by atoms with Crippen LogP contribution in [-0.4, -0.2) is 43.2 Å². The predicted octanol–water partition coefficient (Wildman–Crippen LogP) is 3.37. The molecule has 0 fully saturated rings. The molecule has 7 heteroatoms. The zero-order valence-corrected chi connectivity index (χ0v) is 16.1. The highest BCUT2D eigenvalue weighted by Crippen LogP contribution is 2.30. The number of nitrogens with one attached hydrogen (secondary N) is 1. The van der Waals surface area contributed by atoms with Gasteiger partial charge in [-0.3, -0.25) is 5.32 Å². The summed E-state index contributed by atoms with van der Waals surface area (Å²) in [6, 6.07) is 14.1. The Bertz CT molecular complexity index is 717. The standard InChI is InChI=1S/C21H27NO6/c1-15(11-12-23)20(16-3-7-19(8-4-16)27-14-13-24)28-21(25)22-17-5-9-18(26-2)10-6-17/h3-10,15,20,23-24H,11-14H2,1-2H3,(H,22,25)/t15-,20+/m0/s1. The van der Waals surface area contributed by atoms with Crippen molar-refractivity contribution in [1.29, 1.82) is 0 Å². The molecule has 152 valence electrons. The van der Waals surface area contributed by atoms with Crippen LogP contribution < -0.4 is 14.8 Å². The summed E-state index contributed by atoms with van der Waals surface area (Å²) in [5.41, 5.74) is 1.38. The van der Waals surface area contributed by atoms with E-state index in [9.17, 15) is 9.90 Å². The number of aliphatic hydroxyl groups excluding tert-OH is 2. The summed E-state index contributed by atoms with van der Waals surface area (Å²) in [5.74, 6) is 1.22. The van der Waals surface area contributed by atoms with E-state index in [1.165, 1.54) is 0 Å². The maximum absolute atomic E-state index is 12.4. The lowest BCUT2D eigenvalue weighted by atomic mass is 9.94. The number of methoxy groups -OCH3 is 1. The van der Waals surface area contributed by atoms with E-state index in [1.807, 2.05) is 19.1 Å². The minimum atomic E-state index is -0.583. The van der Waals surface area contributed by atoms with E-state index in [4.69, 9.17) is 19.3 Å². The van der Waals surface area contributed by atoms with Crippen LogP contribution in [0, 0.1) is 5.92 Å². The van der Waals surface area contributed by atoms with E-state index in [2.05, 4.69) is 5.32 Å². The normalized spacial score (nSPS) is 12.7. The zero-order valence-electron chi connectivity index (χ0n) is 16.1. The van der Waals surface area contributed by atoms with Gasteiger partial charge in [0.05, 0.1) is 13.7 Å². The van der Waals surface area contributed by atoms with Gasteiger partial charge in [0, 0.05) is 12.3 Å². The van der Waals surface area contributed by atoms with Crippen molar-refractivity contribution < 1.29 is 29.2 Å². The Labute approximate surface area is 164 Å². The second-order valence-electron chi connectivity index (χ2n) is 6.31. The average Bonchev–Trinajstić information content (AvgIpc) is 2.71. The van der Waals surface area contributed by atoms with Crippen molar-refractivity contribution in [3.63, 3.8) is 0 Å². The van der Waals surface area contributed by atoms with Gasteiger partial charge in [0.2, 0.25) is 0 Å². The van der Waals surface area contributed by atoms with E-state index in [0.717, 1.165) is 5.56 Å². The topological polar surface area (TPSA) is 97.3 Å². The lowest BCUT2D eigenvalue weighted by molar-refractivity contribution is 0.0667. The van der Waals surface area contributed by atoms with Crippen LogP contribution in [0.2, 0.25) is 0 Å². The summed E-state index contributed by atoms with van der Waals surface area (Å²) < 4.78 is 16.1. The molecule has 2 atom stereocenters. The number of rotatable bonds is 10. The maximum atomic E-state index is 12.4. The molecule has 2 rings (SSSR count). The molecule has 0 radical (unpaired) electrons. The monoisotopic (exact) mass is 389 g/mol. The van der Waals surface area contributed by atoms with Crippen LogP contribution in [0.3, 0.4) is 0 Å². The zero-order chi connectivity index (χ0) is 20.4. The Kier molecular flexibility index (Phi) is 8.58. The van der Waals surface area contributed by atoms with E-state index in [0.29, 0.717) is 23.6 Å². The van der Waals surface area contributed by atoms with Gasteiger partial charge in [-0.2, -0.15) is 0 Å². The van der Waals surface area contributed by atoms with Crippen LogP contribution in [0.15, 0.2) is 48.5 Å². The van der Waals surface area contributed by atoms with E-state index in [1.54, 1.807) is 43.5 Å². The largest absolute Gasteiger partial charge is 0.497 e. The molecule has 0 aliphatic carbocycles. The van der Waals surface area contributed by atoms with Crippen LogP contribution in [0.4, 0.5) is 10.5 Å². The third kappa shape index (κ3) is 6.44. The van der Waals surface area contributed by atoms with Crippen molar-refractivity contribution in [2.45, 2.75) is 19.4 Å². The van der Waals surface area contributed by atoms with Crippen molar-refractivity contribution in [2.75, 3.05) is 32.2 Å². The number of benzene rings is 2. The van der Waals surface area contributed by atoms with Crippen LogP contribution in [0.5, 0.6) is 11.5 Å². The molecule has 2 aromatic rings. The Morgan fingerprint density at radius 1 is 1.00 bits per heavy atom. The minimum absolute atomic E-state index is 0.00117. The van der Waals surface area contributed by atoms with Gasteiger partial charge >= 0.3 is 6.09 Å². The molecule has 0 aliphatic rings. The molecule has 0 unspecified atom stereocenters. The molecule has 28 heavy (non-hydrogen) atoms. The van der Waals surface area contributed by atoms with Gasteiger partial charge in [0.1, 0.15) is 24.2 Å². The van der Waals surface area contributed by atoms with Gasteiger partial charge in [-0.1, -0.05) is 19.1 Å². The van der Waals surface area contributed by atoms with Crippen molar-refractivity contribution in [1.82, 2.24) is 0 Å². The van der Waals surface area contributed by atoms with Gasteiger partial charge < -0.3 is 24.4 Å². The molecule has 3 N–H and O–H groups in total. The van der Waals surface area contributed by atoms with Crippen LogP contribution in [-0.2, 0) is 4.74 Å². The Hall–Kier alpha value is -2.77. The van der Waals surface area contributed by atoms with E-state index in [-0.39, 0.29) is 25.7 Å². The average molecular weight is 389 g/mol. The summed E-state index contributed by atoms with van der Waals surface area (Å²) in [6.07, 6.45) is -0.624. The van der Waals surface area contributed by atoms with Gasteiger partial charge in [-0.25, -0.2) is 4.79 Å². The molecule has 0 saturated heterocycles. The van der Waals surface area contributed by atoms with Crippen molar-refractivity contribution >= 4 is 11.8 Å². The Morgan fingerprint density at radius 2 is 1.64 bits per heavy atom. The highest BCUT2D eigenvalue weighted by Gasteiger charge is 2.23. The fourth-order valence-electron chi connectivity index (χ4n) is 2.72. The van der Waals surface area contributed by atoms with Crippen molar-refractivity contribution in [3.8, 4) is 11.5 Å². The predicted molar refractivity (Wildman–Crippen MR) is 106 cm³/mol. The molecule has 0 aliphatic heterocycles. The minimum Gasteiger partial charge on any atom is -0.497 e. The lowest BCUT2D eigenvalue weighted by Crippen LogP contribution is -2.22. The van der Waals surface area contributed by atoms with Crippen LogP contribution >= 0.6 is 0 Å². The summed E-state index contributed by atoms with van der Waals surface area (Å²) >= 11 is 0.